The second kappa shape index (κ2) is 13.9. The Morgan fingerprint density at radius 3 is 2.10 bits per heavy atom. The molecule has 0 heterocycles. The molecule has 9 heteroatoms. The van der Waals surface area contributed by atoms with Gasteiger partial charge in [-0.3, -0.25) is 13.9 Å². The van der Waals surface area contributed by atoms with Crippen molar-refractivity contribution in [2.24, 2.45) is 0 Å². The summed E-state index contributed by atoms with van der Waals surface area (Å²) in [7, 11) is -4.14. The first-order valence-electron chi connectivity index (χ1n) is 14.2. The number of amides is 2. The van der Waals surface area contributed by atoms with Gasteiger partial charge >= 0.3 is 0 Å². The van der Waals surface area contributed by atoms with Gasteiger partial charge in [0.25, 0.3) is 10.0 Å². The molecule has 0 radical (unpaired) electrons. The molecule has 1 atom stereocenters. The van der Waals surface area contributed by atoms with Crippen LogP contribution < -0.4 is 14.4 Å². The highest BCUT2D eigenvalue weighted by atomic mass is 32.2. The number of hydrogen-bond donors (Lipinski definition) is 1. The molecule has 0 unspecified atom stereocenters. The Morgan fingerprint density at radius 1 is 0.905 bits per heavy atom. The summed E-state index contributed by atoms with van der Waals surface area (Å²) in [6.45, 7) is 13.3. The topological polar surface area (TPSA) is 96.0 Å². The minimum absolute atomic E-state index is 0.0672. The van der Waals surface area contributed by atoms with Gasteiger partial charge in [0.1, 0.15) is 18.3 Å². The summed E-state index contributed by atoms with van der Waals surface area (Å²) in [6, 6.07) is 20.0. The van der Waals surface area contributed by atoms with Crippen LogP contribution in [0.4, 0.5) is 5.69 Å². The van der Waals surface area contributed by atoms with Gasteiger partial charge in [-0.05, 0) is 89.9 Å². The van der Waals surface area contributed by atoms with Gasteiger partial charge in [-0.1, -0.05) is 54.4 Å². The predicted molar refractivity (Wildman–Crippen MR) is 167 cm³/mol. The fraction of sp³-hybridized carbons (Fsp3) is 0.394. The summed E-state index contributed by atoms with van der Waals surface area (Å²) in [5.74, 6) is -0.191. The predicted octanol–water partition coefficient (Wildman–Crippen LogP) is 5.62. The van der Waals surface area contributed by atoms with Gasteiger partial charge in [0.2, 0.25) is 11.8 Å². The summed E-state index contributed by atoms with van der Waals surface area (Å²) >= 11 is 0. The molecule has 2 amide bonds. The Balaban J connectivity index is 2.08. The quantitative estimate of drug-likeness (QED) is 0.294. The maximum absolute atomic E-state index is 14.2. The molecule has 0 saturated carbocycles. The molecule has 3 rings (SSSR count). The van der Waals surface area contributed by atoms with Crippen molar-refractivity contribution in [2.75, 3.05) is 17.5 Å². The lowest BCUT2D eigenvalue weighted by atomic mass is 10.0. The summed E-state index contributed by atoms with van der Waals surface area (Å²) < 4.78 is 34.7. The molecule has 1 N–H and O–H groups in total. The summed E-state index contributed by atoms with van der Waals surface area (Å²) in [6.07, 6.45) is 0.354. The van der Waals surface area contributed by atoms with Crippen LogP contribution in [0.2, 0.25) is 0 Å². The van der Waals surface area contributed by atoms with Crippen LogP contribution >= 0.6 is 0 Å². The number of carbonyl (C=O) groups is 2. The fourth-order valence-corrected chi connectivity index (χ4v) is 6.04. The van der Waals surface area contributed by atoms with Crippen molar-refractivity contribution in [3.05, 3.63) is 89.5 Å². The lowest BCUT2D eigenvalue weighted by Gasteiger charge is -2.35. The van der Waals surface area contributed by atoms with Crippen LogP contribution in [-0.4, -0.2) is 49.9 Å². The first-order valence-corrected chi connectivity index (χ1v) is 15.7. The summed E-state index contributed by atoms with van der Waals surface area (Å²) in [5, 5.41) is 2.99. The maximum atomic E-state index is 14.2. The molecule has 3 aromatic carbocycles. The van der Waals surface area contributed by atoms with Gasteiger partial charge < -0.3 is 15.0 Å². The Morgan fingerprint density at radius 2 is 1.55 bits per heavy atom. The molecule has 0 fully saturated rings. The number of hydrogen-bond acceptors (Lipinski definition) is 5. The molecule has 226 valence electrons. The van der Waals surface area contributed by atoms with Crippen molar-refractivity contribution in [2.45, 2.75) is 77.9 Å². The number of rotatable bonds is 12. The number of carbonyl (C=O) groups excluding carboxylic acids is 2. The standard InChI is InChI=1S/C33H43N3O5S/c1-8-30(32(38)34-33(5,6)7)35(22-26-12-10-11-25(4)21-26)31(37)23-36(27-15-17-28(18-16-27)41-9-2)42(39,40)29-19-13-24(3)14-20-29/h10-21,30H,8-9,22-23H2,1-7H3,(H,34,38)/t30-/m1/s1. The van der Waals surface area contributed by atoms with E-state index in [1.54, 1.807) is 36.4 Å². The molecule has 0 spiro atoms. The highest BCUT2D eigenvalue weighted by Gasteiger charge is 2.34. The Kier molecular flexibility index (Phi) is 10.8. The van der Waals surface area contributed by atoms with E-state index in [-0.39, 0.29) is 17.3 Å². The monoisotopic (exact) mass is 593 g/mol. The van der Waals surface area contributed by atoms with Crippen molar-refractivity contribution in [3.63, 3.8) is 0 Å². The van der Waals surface area contributed by atoms with Crippen molar-refractivity contribution < 1.29 is 22.7 Å². The zero-order valence-corrected chi connectivity index (χ0v) is 26.5. The van der Waals surface area contributed by atoms with Crippen LogP contribution in [0.15, 0.2) is 77.7 Å². The summed E-state index contributed by atoms with van der Waals surface area (Å²) in [4.78, 5) is 29.2. The zero-order valence-electron chi connectivity index (χ0n) is 25.7. The molecule has 0 saturated heterocycles. The zero-order chi connectivity index (χ0) is 31.1. The van der Waals surface area contributed by atoms with Crippen LogP contribution in [0.1, 0.15) is 57.7 Å². The Labute approximate surface area is 250 Å². The third-order valence-electron chi connectivity index (χ3n) is 6.64. The maximum Gasteiger partial charge on any atom is 0.264 e. The van der Waals surface area contributed by atoms with E-state index in [4.69, 9.17) is 4.74 Å². The van der Waals surface area contributed by atoms with E-state index < -0.39 is 34.1 Å². The smallest absolute Gasteiger partial charge is 0.264 e. The van der Waals surface area contributed by atoms with Crippen molar-refractivity contribution in [1.29, 1.82) is 0 Å². The fourth-order valence-electron chi connectivity index (χ4n) is 4.62. The van der Waals surface area contributed by atoms with Crippen molar-refractivity contribution in [3.8, 4) is 5.75 Å². The van der Waals surface area contributed by atoms with Crippen molar-refractivity contribution in [1.82, 2.24) is 10.2 Å². The van der Waals surface area contributed by atoms with Gasteiger partial charge in [0, 0.05) is 12.1 Å². The summed E-state index contributed by atoms with van der Waals surface area (Å²) in [5.41, 5.74) is 2.59. The molecule has 42 heavy (non-hydrogen) atoms. The van der Waals surface area contributed by atoms with Crippen LogP contribution in [-0.2, 0) is 26.2 Å². The molecular formula is C33H43N3O5S. The molecule has 3 aromatic rings. The molecule has 8 nitrogen and oxygen atoms in total. The van der Waals surface area contributed by atoms with Crippen molar-refractivity contribution >= 4 is 27.5 Å². The lowest BCUT2D eigenvalue weighted by molar-refractivity contribution is -0.141. The van der Waals surface area contributed by atoms with E-state index in [0.717, 1.165) is 21.0 Å². The molecule has 0 aliphatic carbocycles. The normalized spacial score (nSPS) is 12.4. The van der Waals surface area contributed by atoms with E-state index in [1.165, 1.54) is 17.0 Å². The number of benzene rings is 3. The lowest BCUT2D eigenvalue weighted by Crippen LogP contribution is -2.55. The van der Waals surface area contributed by atoms with Gasteiger partial charge in [-0.25, -0.2) is 8.42 Å². The van der Waals surface area contributed by atoms with Gasteiger partial charge in [0.05, 0.1) is 17.2 Å². The number of anilines is 1. The SMILES string of the molecule is CCOc1ccc(N(CC(=O)N(Cc2cccc(C)c2)[C@H](CC)C(=O)NC(C)(C)C)S(=O)(=O)c2ccc(C)cc2)cc1. The van der Waals surface area contributed by atoms with Crippen LogP contribution in [0.5, 0.6) is 5.75 Å². The Hall–Kier alpha value is -3.85. The van der Waals surface area contributed by atoms with E-state index in [1.807, 2.05) is 72.7 Å². The van der Waals surface area contributed by atoms with E-state index in [0.29, 0.717) is 24.5 Å². The number of nitrogens with zero attached hydrogens (tertiary/aromatic N) is 2. The number of ether oxygens (including phenoxy) is 1. The number of aryl methyl sites for hydroxylation is 2. The largest absolute Gasteiger partial charge is 0.494 e. The Bertz CT molecular complexity index is 1460. The first-order chi connectivity index (χ1) is 19.7. The van der Waals surface area contributed by atoms with Gasteiger partial charge in [0.15, 0.2) is 0 Å². The van der Waals surface area contributed by atoms with Crippen LogP contribution in [0.25, 0.3) is 0 Å². The minimum Gasteiger partial charge on any atom is -0.494 e. The third kappa shape index (κ3) is 8.58. The van der Waals surface area contributed by atoms with Gasteiger partial charge in [-0.2, -0.15) is 0 Å². The average Bonchev–Trinajstić information content (AvgIpc) is 2.91. The van der Waals surface area contributed by atoms with E-state index in [2.05, 4.69) is 5.32 Å². The first kappa shape index (κ1) is 32.7. The van der Waals surface area contributed by atoms with Crippen LogP contribution in [0, 0.1) is 13.8 Å². The number of sulfonamides is 1. The second-order valence-electron chi connectivity index (χ2n) is 11.4. The number of nitrogens with one attached hydrogen (secondary N) is 1. The highest BCUT2D eigenvalue weighted by Crippen LogP contribution is 2.27. The van der Waals surface area contributed by atoms with Crippen LogP contribution in [0.3, 0.4) is 0 Å². The molecule has 0 bridgehead atoms. The molecule has 0 aromatic heterocycles. The van der Waals surface area contributed by atoms with Gasteiger partial charge in [-0.15, -0.1) is 0 Å². The third-order valence-corrected chi connectivity index (χ3v) is 8.43. The highest BCUT2D eigenvalue weighted by molar-refractivity contribution is 7.92. The molecular weight excluding hydrogens is 550 g/mol. The average molecular weight is 594 g/mol. The van der Waals surface area contributed by atoms with E-state index in [9.17, 15) is 18.0 Å². The minimum atomic E-state index is -4.14. The molecule has 0 aliphatic heterocycles. The second-order valence-corrected chi connectivity index (χ2v) is 13.3. The molecule has 0 aliphatic rings. The van der Waals surface area contributed by atoms with E-state index >= 15 is 0 Å².